The Labute approximate surface area is 109 Å². The highest BCUT2D eigenvalue weighted by atomic mass is 17.2. The monoisotopic (exact) mass is 250 g/mol. The molecule has 1 fully saturated rings. The number of para-hydroxylation sites is 1. The minimum absolute atomic E-state index is 0.0327. The van der Waals surface area contributed by atoms with Gasteiger partial charge in [-0.1, -0.05) is 37.5 Å². The number of benzene rings is 1. The van der Waals surface area contributed by atoms with Gasteiger partial charge in [-0.25, -0.2) is 0 Å². The summed E-state index contributed by atoms with van der Waals surface area (Å²) in [7, 11) is 0. The van der Waals surface area contributed by atoms with E-state index in [0.29, 0.717) is 6.61 Å². The van der Waals surface area contributed by atoms with Crippen LogP contribution in [-0.2, 0) is 4.89 Å². The van der Waals surface area contributed by atoms with Gasteiger partial charge in [-0.3, -0.25) is 0 Å². The largest absolute Gasteiger partial charge is 0.396 e. The fourth-order valence-corrected chi connectivity index (χ4v) is 2.04. The molecule has 18 heavy (non-hydrogen) atoms. The smallest absolute Gasteiger partial charge is 0.165 e. The third-order valence-corrected chi connectivity index (χ3v) is 3.41. The lowest BCUT2D eigenvalue weighted by molar-refractivity contribution is -0.259. The Morgan fingerprint density at radius 1 is 1.00 bits per heavy atom. The molecule has 3 nitrogen and oxygen atoms in total. The van der Waals surface area contributed by atoms with Crippen molar-refractivity contribution < 1.29 is 14.9 Å². The third-order valence-electron chi connectivity index (χ3n) is 3.41. The molecule has 0 aromatic heterocycles. The molecule has 1 aliphatic rings. The molecule has 0 unspecified atom stereocenters. The third kappa shape index (κ3) is 4.31. The molecule has 0 radical (unpaired) electrons. The zero-order chi connectivity index (χ0) is 12.7. The highest BCUT2D eigenvalue weighted by Gasteiger charge is 2.45. The average Bonchev–Trinajstić information content (AvgIpc) is 3.18. The predicted molar refractivity (Wildman–Crippen MR) is 70.3 cm³/mol. The molecule has 0 bridgehead atoms. The van der Waals surface area contributed by atoms with Gasteiger partial charge in [0.15, 0.2) is 5.75 Å². The van der Waals surface area contributed by atoms with E-state index in [2.05, 4.69) is 0 Å². The Bertz CT molecular complexity index is 333. The molecule has 0 atom stereocenters. The minimum Gasteiger partial charge on any atom is -0.396 e. The molecule has 1 aromatic rings. The zero-order valence-electron chi connectivity index (χ0n) is 10.8. The van der Waals surface area contributed by atoms with Crippen LogP contribution in [0, 0.1) is 0 Å². The van der Waals surface area contributed by atoms with E-state index in [1.54, 1.807) is 0 Å². The van der Waals surface area contributed by atoms with Crippen LogP contribution in [0.1, 0.15) is 44.9 Å². The van der Waals surface area contributed by atoms with Gasteiger partial charge in [0.2, 0.25) is 0 Å². The van der Waals surface area contributed by atoms with Gasteiger partial charge in [0.05, 0.1) is 0 Å². The second kappa shape index (κ2) is 6.76. The van der Waals surface area contributed by atoms with Crippen LogP contribution in [0.15, 0.2) is 30.3 Å². The van der Waals surface area contributed by atoms with Gasteiger partial charge in [-0.15, -0.1) is 0 Å². The number of aliphatic hydroxyl groups excluding tert-OH is 1. The highest BCUT2D eigenvalue weighted by molar-refractivity contribution is 5.20. The number of hydrogen-bond acceptors (Lipinski definition) is 3. The summed E-state index contributed by atoms with van der Waals surface area (Å²) in [6, 6.07) is 9.63. The van der Waals surface area contributed by atoms with E-state index >= 15 is 0 Å². The molecule has 100 valence electrons. The Balaban J connectivity index is 1.63. The van der Waals surface area contributed by atoms with E-state index in [0.717, 1.165) is 50.7 Å². The molecular weight excluding hydrogens is 228 g/mol. The SMILES string of the molecule is OCCCCCCC1(OOc2ccccc2)CC1. The van der Waals surface area contributed by atoms with Crippen molar-refractivity contribution >= 4 is 0 Å². The van der Waals surface area contributed by atoms with Crippen molar-refractivity contribution in [3.63, 3.8) is 0 Å². The van der Waals surface area contributed by atoms with Crippen LogP contribution in [0.25, 0.3) is 0 Å². The standard InChI is InChI=1S/C15H22O3/c16-13-7-2-1-6-10-15(11-12-15)18-17-14-8-4-3-5-9-14/h3-5,8-9,16H,1-2,6-7,10-13H2. The van der Waals surface area contributed by atoms with Crippen molar-refractivity contribution in [3.8, 4) is 5.75 Å². The Hall–Kier alpha value is -1.06. The lowest BCUT2D eigenvalue weighted by Gasteiger charge is -2.15. The van der Waals surface area contributed by atoms with Crippen molar-refractivity contribution in [2.24, 2.45) is 0 Å². The summed E-state index contributed by atoms with van der Waals surface area (Å²) in [6.07, 6.45) is 7.58. The quantitative estimate of drug-likeness (QED) is 0.414. The summed E-state index contributed by atoms with van der Waals surface area (Å²) in [6.45, 7) is 0.304. The van der Waals surface area contributed by atoms with Gasteiger partial charge in [0, 0.05) is 6.61 Å². The first-order valence-electron chi connectivity index (χ1n) is 6.86. The molecule has 0 heterocycles. The van der Waals surface area contributed by atoms with Crippen molar-refractivity contribution in [3.05, 3.63) is 30.3 Å². The highest BCUT2D eigenvalue weighted by Crippen LogP contribution is 2.44. The van der Waals surface area contributed by atoms with E-state index < -0.39 is 0 Å². The summed E-state index contributed by atoms with van der Waals surface area (Å²) < 4.78 is 0. The summed E-state index contributed by atoms with van der Waals surface area (Å²) in [5, 5.41) is 8.70. The summed E-state index contributed by atoms with van der Waals surface area (Å²) in [4.78, 5) is 11.0. The van der Waals surface area contributed by atoms with Crippen LogP contribution in [0.5, 0.6) is 5.75 Å². The van der Waals surface area contributed by atoms with Gasteiger partial charge in [-0.05, 0) is 37.8 Å². The van der Waals surface area contributed by atoms with E-state index in [9.17, 15) is 0 Å². The van der Waals surface area contributed by atoms with Gasteiger partial charge in [-0.2, -0.15) is 4.89 Å². The van der Waals surface area contributed by atoms with E-state index in [1.165, 1.54) is 0 Å². The minimum atomic E-state index is -0.0327. The Morgan fingerprint density at radius 3 is 2.39 bits per heavy atom. The van der Waals surface area contributed by atoms with Crippen molar-refractivity contribution in [1.29, 1.82) is 0 Å². The summed E-state index contributed by atoms with van der Waals surface area (Å²) in [5.41, 5.74) is -0.0327. The first-order chi connectivity index (χ1) is 8.85. The van der Waals surface area contributed by atoms with Gasteiger partial charge in [0.25, 0.3) is 0 Å². The maximum atomic E-state index is 8.70. The van der Waals surface area contributed by atoms with Gasteiger partial charge < -0.3 is 9.99 Å². The van der Waals surface area contributed by atoms with Crippen LogP contribution in [-0.4, -0.2) is 17.3 Å². The zero-order valence-corrected chi connectivity index (χ0v) is 10.8. The molecule has 1 aromatic carbocycles. The first-order valence-corrected chi connectivity index (χ1v) is 6.86. The van der Waals surface area contributed by atoms with Crippen LogP contribution in [0.2, 0.25) is 0 Å². The molecule has 1 saturated carbocycles. The predicted octanol–water partition coefficient (Wildman–Crippen LogP) is 3.47. The molecule has 3 heteroatoms. The van der Waals surface area contributed by atoms with Crippen LogP contribution in [0.3, 0.4) is 0 Å². The molecule has 0 aliphatic heterocycles. The van der Waals surface area contributed by atoms with Crippen molar-refractivity contribution in [1.82, 2.24) is 0 Å². The van der Waals surface area contributed by atoms with Crippen molar-refractivity contribution in [2.75, 3.05) is 6.61 Å². The van der Waals surface area contributed by atoms with Crippen molar-refractivity contribution in [2.45, 2.75) is 50.5 Å². The molecule has 1 N–H and O–H groups in total. The molecule has 1 aliphatic carbocycles. The number of hydrogen-bond donors (Lipinski definition) is 1. The van der Waals surface area contributed by atoms with E-state index in [4.69, 9.17) is 14.9 Å². The Kier molecular flexibility index (Phi) is 5.02. The molecule has 2 rings (SSSR count). The molecule has 0 saturated heterocycles. The summed E-state index contributed by atoms with van der Waals surface area (Å²) in [5.74, 6) is 0.768. The maximum absolute atomic E-state index is 8.70. The Morgan fingerprint density at radius 2 is 1.72 bits per heavy atom. The molecule has 0 spiro atoms. The fourth-order valence-electron chi connectivity index (χ4n) is 2.04. The fraction of sp³-hybridized carbons (Fsp3) is 0.600. The average molecular weight is 250 g/mol. The van der Waals surface area contributed by atoms with Gasteiger partial charge in [0.1, 0.15) is 5.60 Å². The molecule has 0 amide bonds. The van der Waals surface area contributed by atoms with Crippen LogP contribution in [0.4, 0.5) is 0 Å². The van der Waals surface area contributed by atoms with E-state index in [-0.39, 0.29) is 5.60 Å². The normalized spacial score (nSPS) is 16.5. The second-order valence-electron chi connectivity index (χ2n) is 5.05. The number of rotatable bonds is 9. The first kappa shape index (κ1) is 13.4. The summed E-state index contributed by atoms with van der Waals surface area (Å²) >= 11 is 0. The number of aliphatic hydroxyl groups is 1. The maximum Gasteiger partial charge on any atom is 0.165 e. The van der Waals surface area contributed by atoms with Crippen LogP contribution < -0.4 is 4.89 Å². The lowest BCUT2D eigenvalue weighted by Crippen LogP contribution is -2.16. The lowest BCUT2D eigenvalue weighted by atomic mass is 10.1. The topological polar surface area (TPSA) is 38.7 Å². The second-order valence-corrected chi connectivity index (χ2v) is 5.05. The van der Waals surface area contributed by atoms with E-state index in [1.807, 2.05) is 30.3 Å². The van der Waals surface area contributed by atoms with Gasteiger partial charge >= 0.3 is 0 Å². The van der Waals surface area contributed by atoms with Crippen LogP contribution >= 0.6 is 0 Å². The molecular formula is C15H22O3. The number of unbranched alkanes of at least 4 members (excludes halogenated alkanes) is 3.